The standard InChI is InChI=1S/C14H13FN2O/c1-10-3-6-13(18-10)9-17(2)12-5-4-11(8-16)14(15)7-12/h3-7H,9H2,1-2H3. The average molecular weight is 244 g/mol. The van der Waals surface area contributed by atoms with Gasteiger partial charge in [-0.2, -0.15) is 5.26 Å². The fourth-order valence-corrected chi connectivity index (χ4v) is 1.73. The van der Waals surface area contributed by atoms with Crippen molar-refractivity contribution in [2.24, 2.45) is 0 Å². The molecule has 2 aromatic rings. The summed E-state index contributed by atoms with van der Waals surface area (Å²) in [6, 6.07) is 10.1. The number of hydrogen-bond donors (Lipinski definition) is 0. The fraction of sp³-hybridized carbons (Fsp3) is 0.214. The van der Waals surface area contributed by atoms with Crippen molar-refractivity contribution in [1.82, 2.24) is 0 Å². The third kappa shape index (κ3) is 2.51. The summed E-state index contributed by atoms with van der Waals surface area (Å²) in [5.41, 5.74) is 0.765. The molecular formula is C14H13FN2O. The molecule has 0 N–H and O–H groups in total. The lowest BCUT2D eigenvalue weighted by atomic mass is 10.2. The third-order valence-corrected chi connectivity index (χ3v) is 2.70. The zero-order chi connectivity index (χ0) is 13.1. The van der Waals surface area contributed by atoms with E-state index in [4.69, 9.17) is 9.68 Å². The van der Waals surface area contributed by atoms with Gasteiger partial charge in [0.2, 0.25) is 0 Å². The van der Waals surface area contributed by atoms with Gasteiger partial charge in [-0.1, -0.05) is 0 Å². The molecule has 4 heteroatoms. The van der Waals surface area contributed by atoms with E-state index in [1.54, 1.807) is 12.1 Å². The van der Waals surface area contributed by atoms with Gasteiger partial charge >= 0.3 is 0 Å². The third-order valence-electron chi connectivity index (χ3n) is 2.70. The van der Waals surface area contributed by atoms with Gasteiger partial charge < -0.3 is 9.32 Å². The molecule has 0 radical (unpaired) electrons. The Balaban J connectivity index is 2.16. The highest BCUT2D eigenvalue weighted by atomic mass is 19.1. The predicted molar refractivity (Wildman–Crippen MR) is 66.7 cm³/mol. The van der Waals surface area contributed by atoms with Crippen LogP contribution in [-0.2, 0) is 6.54 Å². The van der Waals surface area contributed by atoms with E-state index in [1.807, 2.05) is 31.0 Å². The van der Waals surface area contributed by atoms with Gasteiger partial charge in [-0.25, -0.2) is 4.39 Å². The van der Waals surface area contributed by atoms with Crippen LogP contribution in [0.2, 0.25) is 0 Å². The zero-order valence-electron chi connectivity index (χ0n) is 10.3. The maximum atomic E-state index is 13.5. The smallest absolute Gasteiger partial charge is 0.143 e. The summed E-state index contributed by atoms with van der Waals surface area (Å²) in [6.45, 7) is 2.43. The van der Waals surface area contributed by atoms with Gasteiger partial charge in [-0.05, 0) is 37.3 Å². The molecular weight excluding hydrogens is 231 g/mol. The second-order valence-corrected chi connectivity index (χ2v) is 4.14. The molecule has 2 rings (SSSR count). The van der Waals surface area contributed by atoms with Gasteiger partial charge in [0, 0.05) is 12.7 Å². The molecule has 92 valence electrons. The zero-order valence-corrected chi connectivity index (χ0v) is 10.3. The van der Waals surface area contributed by atoms with Crippen LogP contribution in [0, 0.1) is 24.1 Å². The van der Waals surface area contributed by atoms with Crippen LogP contribution in [0.5, 0.6) is 0 Å². The van der Waals surface area contributed by atoms with E-state index in [-0.39, 0.29) is 5.56 Å². The van der Waals surface area contributed by atoms with E-state index in [2.05, 4.69) is 0 Å². The first-order chi connectivity index (χ1) is 8.60. The molecule has 18 heavy (non-hydrogen) atoms. The topological polar surface area (TPSA) is 40.2 Å². The molecule has 0 saturated carbocycles. The average Bonchev–Trinajstić information content (AvgIpc) is 2.74. The highest BCUT2D eigenvalue weighted by Gasteiger charge is 2.08. The first kappa shape index (κ1) is 12.2. The SMILES string of the molecule is Cc1ccc(CN(C)c2ccc(C#N)c(F)c2)o1. The Kier molecular flexibility index (Phi) is 3.33. The van der Waals surface area contributed by atoms with Crippen LogP contribution < -0.4 is 4.90 Å². The number of nitriles is 1. The maximum absolute atomic E-state index is 13.5. The summed E-state index contributed by atoms with van der Waals surface area (Å²) in [7, 11) is 1.85. The maximum Gasteiger partial charge on any atom is 0.143 e. The second kappa shape index (κ2) is 4.92. The van der Waals surface area contributed by atoms with Crippen LogP contribution in [0.25, 0.3) is 0 Å². The molecule has 0 fully saturated rings. The Bertz CT molecular complexity index is 598. The molecule has 1 heterocycles. The van der Waals surface area contributed by atoms with E-state index in [9.17, 15) is 4.39 Å². The number of furan rings is 1. The monoisotopic (exact) mass is 244 g/mol. The van der Waals surface area contributed by atoms with Crippen LogP contribution in [0.15, 0.2) is 34.7 Å². The number of benzene rings is 1. The van der Waals surface area contributed by atoms with Crippen molar-refractivity contribution in [3.05, 3.63) is 53.2 Å². The van der Waals surface area contributed by atoms with E-state index < -0.39 is 5.82 Å². The molecule has 0 spiro atoms. The van der Waals surface area contributed by atoms with Crippen LogP contribution >= 0.6 is 0 Å². The van der Waals surface area contributed by atoms with Crippen molar-refractivity contribution in [3.63, 3.8) is 0 Å². The van der Waals surface area contributed by atoms with Gasteiger partial charge in [-0.3, -0.25) is 0 Å². The van der Waals surface area contributed by atoms with Crippen LogP contribution in [0.1, 0.15) is 17.1 Å². The van der Waals surface area contributed by atoms with Crippen LogP contribution in [0.4, 0.5) is 10.1 Å². The van der Waals surface area contributed by atoms with Gasteiger partial charge in [-0.15, -0.1) is 0 Å². The Morgan fingerprint density at radius 3 is 2.67 bits per heavy atom. The second-order valence-electron chi connectivity index (χ2n) is 4.14. The van der Waals surface area contributed by atoms with E-state index in [0.717, 1.165) is 11.5 Å². The molecule has 0 bridgehead atoms. The lowest BCUT2D eigenvalue weighted by Gasteiger charge is -2.18. The number of nitrogens with zero attached hydrogens (tertiary/aromatic N) is 2. The summed E-state index contributed by atoms with van der Waals surface area (Å²) in [4.78, 5) is 1.86. The molecule has 0 aliphatic heterocycles. The number of hydrogen-bond acceptors (Lipinski definition) is 3. The van der Waals surface area contributed by atoms with Crippen molar-refractivity contribution < 1.29 is 8.81 Å². The summed E-state index contributed by atoms with van der Waals surface area (Å²) in [6.07, 6.45) is 0. The lowest BCUT2D eigenvalue weighted by molar-refractivity contribution is 0.481. The van der Waals surface area contributed by atoms with E-state index in [0.29, 0.717) is 12.2 Å². The molecule has 0 unspecified atom stereocenters. The van der Waals surface area contributed by atoms with Crippen molar-refractivity contribution in [1.29, 1.82) is 5.26 Å². The summed E-state index contributed by atoms with van der Waals surface area (Å²) in [5, 5.41) is 8.67. The van der Waals surface area contributed by atoms with Gasteiger partial charge in [0.1, 0.15) is 23.4 Å². The van der Waals surface area contributed by atoms with E-state index in [1.165, 1.54) is 12.1 Å². The van der Waals surface area contributed by atoms with E-state index >= 15 is 0 Å². The highest BCUT2D eigenvalue weighted by molar-refractivity contribution is 5.50. The predicted octanol–water partition coefficient (Wildman–Crippen LogP) is 3.24. The van der Waals surface area contributed by atoms with Gasteiger partial charge in [0.25, 0.3) is 0 Å². The van der Waals surface area contributed by atoms with Gasteiger partial charge in [0.15, 0.2) is 0 Å². The largest absolute Gasteiger partial charge is 0.464 e. The molecule has 0 aliphatic rings. The normalized spacial score (nSPS) is 10.1. The minimum atomic E-state index is -0.502. The van der Waals surface area contributed by atoms with Crippen molar-refractivity contribution in [2.45, 2.75) is 13.5 Å². The van der Waals surface area contributed by atoms with Crippen molar-refractivity contribution >= 4 is 5.69 Å². The number of halogens is 1. The number of anilines is 1. The summed E-state index contributed by atoms with van der Waals surface area (Å²) < 4.78 is 18.9. The fourth-order valence-electron chi connectivity index (χ4n) is 1.73. The van der Waals surface area contributed by atoms with Crippen LogP contribution in [0.3, 0.4) is 0 Å². The van der Waals surface area contributed by atoms with Crippen molar-refractivity contribution in [3.8, 4) is 6.07 Å². The molecule has 0 aliphatic carbocycles. The van der Waals surface area contributed by atoms with Crippen LogP contribution in [-0.4, -0.2) is 7.05 Å². The Hall–Kier alpha value is -2.28. The molecule has 0 saturated heterocycles. The Morgan fingerprint density at radius 2 is 2.11 bits per heavy atom. The quantitative estimate of drug-likeness (QED) is 0.832. The number of rotatable bonds is 3. The first-order valence-corrected chi connectivity index (χ1v) is 5.56. The Labute approximate surface area is 105 Å². The minimum absolute atomic E-state index is 0.0565. The van der Waals surface area contributed by atoms with Gasteiger partial charge in [0.05, 0.1) is 12.1 Å². The Morgan fingerprint density at radius 1 is 1.33 bits per heavy atom. The first-order valence-electron chi connectivity index (χ1n) is 5.56. The summed E-state index contributed by atoms with van der Waals surface area (Å²) in [5.74, 6) is 1.17. The molecule has 0 amide bonds. The molecule has 0 atom stereocenters. The lowest BCUT2D eigenvalue weighted by Crippen LogP contribution is -2.16. The van der Waals surface area contributed by atoms with Crippen molar-refractivity contribution in [2.75, 3.05) is 11.9 Å². The molecule has 1 aromatic carbocycles. The summed E-state index contributed by atoms with van der Waals surface area (Å²) >= 11 is 0. The molecule has 3 nitrogen and oxygen atoms in total. The highest BCUT2D eigenvalue weighted by Crippen LogP contribution is 2.19. The number of aryl methyl sites for hydroxylation is 1. The minimum Gasteiger partial charge on any atom is -0.464 e. The molecule has 1 aromatic heterocycles.